The number of likely N-dealkylation sites (N-methyl/N-ethyl adjacent to an activating group) is 1. The van der Waals surface area contributed by atoms with Crippen LogP contribution in [0.15, 0.2) is 24.3 Å². The predicted molar refractivity (Wildman–Crippen MR) is 74.7 cm³/mol. The Bertz CT molecular complexity index is 362. The van der Waals surface area contributed by atoms with Crippen LogP contribution in [-0.2, 0) is 6.42 Å². The molecule has 1 N–H and O–H groups in total. The molecule has 2 heteroatoms. The molecule has 2 nitrogen and oxygen atoms in total. The molecule has 0 saturated heterocycles. The topological polar surface area (TPSA) is 15.3 Å². The number of fused-ring (bicyclic) bond motifs is 1. The van der Waals surface area contributed by atoms with Crippen molar-refractivity contribution in [3.05, 3.63) is 29.8 Å². The molecule has 1 aliphatic rings. The van der Waals surface area contributed by atoms with Crippen LogP contribution in [0.4, 0.5) is 5.69 Å². The Hall–Kier alpha value is -1.02. The van der Waals surface area contributed by atoms with E-state index in [9.17, 15) is 0 Å². The summed E-state index contributed by atoms with van der Waals surface area (Å²) in [7, 11) is 0. The maximum absolute atomic E-state index is 3.50. The van der Waals surface area contributed by atoms with Crippen molar-refractivity contribution in [2.24, 2.45) is 5.92 Å². The summed E-state index contributed by atoms with van der Waals surface area (Å²) in [6.07, 6.45) is 1.22. The predicted octanol–water partition coefficient (Wildman–Crippen LogP) is 2.68. The Morgan fingerprint density at radius 3 is 2.94 bits per heavy atom. The molecule has 0 radical (unpaired) electrons. The van der Waals surface area contributed by atoms with Gasteiger partial charge in [-0.1, -0.05) is 32.0 Å². The van der Waals surface area contributed by atoms with Gasteiger partial charge in [0.2, 0.25) is 0 Å². The van der Waals surface area contributed by atoms with Crippen molar-refractivity contribution in [3.63, 3.8) is 0 Å². The average Bonchev–Trinajstić information content (AvgIpc) is 2.29. The Morgan fingerprint density at radius 1 is 1.41 bits per heavy atom. The van der Waals surface area contributed by atoms with E-state index in [0.717, 1.165) is 19.0 Å². The highest BCUT2D eigenvalue weighted by Gasteiger charge is 2.22. The number of benzene rings is 1. The molecule has 1 heterocycles. The lowest BCUT2D eigenvalue weighted by atomic mass is 9.93. The molecule has 0 bridgehead atoms. The molecule has 94 valence electrons. The van der Waals surface area contributed by atoms with Crippen LogP contribution in [0.5, 0.6) is 0 Å². The van der Waals surface area contributed by atoms with E-state index < -0.39 is 0 Å². The van der Waals surface area contributed by atoms with Gasteiger partial charge in [0.15, 0.2) is 0 Å². The largest absolute Gasteiger partial charge is 0.369 e. The minimum Gasteiger partial charge on any atom is -0.369 e. The molecule has 2 atom stereocenters. The minimum absolute atomic E-state index is 0.554. The Kier molecular flexibility index (Phi) is 4.06. The normalized spacial score (nSPS) is 21.1. The molecule has 0 amide bonds. The zero-order chi connectivity index (χ0) is 12.3. The molecule has 17 heavy (non-hydrogen) atoms. The van der Waals surface area contributed by atoms with E-state index in [1.807, 2.05) is 0 Å². The highest BCUT2D eigenvalue weighted by molar-refractivity contribution is 5.55. The summed E-state index contributed by atoms with van der Waals surface area (Å²) >= 11 is 0. The second-order valence-electron chi connectivity index (χ2n) is 5.30. The lowest BCUT2D eigenvalue weighted by Gasteiger charge is -2.36. The standard InChI is InChI=1S/C15H24N2/c1-4-16-13(3)11-17-10-12(2)9-14-7-5-6-8-15(14)17/h5-8,12-13,16H,4,9-11H2,1-3H3. The van der Waals surface area contributed by atoms with Gasteiger partial charge in [0.25, 0.3) is 0 Å². The van der Waals surface area contributed by atoms with Crippen molar-refractivity contribution in [3.8, 4) is 0 Å². The van der Waals surface area contributed by atoms with E-state index in [4.69, 9.17) is 0 Å². The first kappa shape index (κ1) is 12.4. The monoisotopic (exact) mass is 232 g/mol. The van der Waals surface area contributed by atoms with Crippen molar-refractivity contribution in [1.82, 2.24) is 5.32 Å². The summed E-state index contributed by atoms with van der Waals surface area (Å²) < 4.78 is 0. The van der Waals surface area contributed by atoms with Crippen LogP contribution in [0.2, 0.25) is 0 Å². The zero-order valence-corrected chi connectivity index (χ0v) is 11.2. The van der Waals surface area contributed by atoms with Gasteiger partial charge in [-0.15, -0.1) is 0 Å². The van der Waals surface area contributed by atoms with Gasteiger partial charge in [0.1, 0.15) is 0 Å². The molecule has 1 aromatic carbocycles. The zero-order valence-electron chi connectivity index (χ0n) is 11.2. The second kappa shape index (κ2) is 5.54. The van der Waals surface area contributed by atoms with Gasteiger partial charge < -0.3 is 10.2 Å². The summed E-state index contributed by atoms with van der Waals surface area (Å²) in [5.41, 5.74) is 2.95. The number of hydrogen-bond acceptors (Lipinski definition) is 2. The third-order valence-corrected chi connectivity index (χ3v) is 3.48. The van der Waals surface area contributed by atoms with Gasteiger partial charge in [-0.2, -0.15) is 0 Å². The van der Waals surface area contributed by atoms with Crippen LogP contribution < -0.4 is 10.2 Å². The molecule has 0 spiro atoms. The maximum Gasteiger partial charge on any atom is 0.0399 e. The summed E-state index contributed by atoms with van der Waals surface area (Å²) in [6.45, 7) is 10.1. The van der Waals surface area contributed by atoms with Crippen LogP contribution >= 0.6 is 0 Å². The van der Waals surface area contributed by atoms with Crippen LogP contribution in [0.25, 0.3) is 0 Å². The Morgan fingerprint density at radius 2 is 2.18 bits per heavy atom. The van der Waals surface area contributed by atoms with Crippen molar-refractivity contribution in [2.75, 3.05) is 24.5 Å². The summed E-state index contributed by atoms with van der Waals surface area (Å²) in [6, 6.07) is 9.40. The molecule has 1 aliphatic heterocycles. The first-order valence-electron chi connectivity index (χ1n) is 6.77. The van der Waals surface area contributed by atoms with Gasteiger partial charge >= 0.3 is 0 Å². The quantitative estimate of drug-likeness (QED) is 0.858. The first-order valence-corrected chi connectivity index (χ1v) is 6.77. The lowest BCUT2D eigenvalue weighted by molar-refractivity contribution is 0.488. The molecule has 2 unspecified atom stereocenters. The first-order chi connectivity index (χ1) is 8.20. The molecule has 0 aromatic heterocycles. The number of anilines is 1. The van der Waals surface area contributed by atoms with Gasteiger partial charge in [-0.05, 0) is 37.4 Å². The van der Waals surface area contributed by atoms with Crippen LogP contribution in [0, 0.1) is 5.92 Å². The van der Waals surface area contributed by atoms with Crippen LogP contribution in [0.3, 0.4) is 0 Å². The molecule has 1 aromatic rings. The SMILES string of the molecule is CCNC(C)CN1CC(C)Cc2ccccc21. The van der Waals surface area contributed by atoms with Gasteiger partial charge in [0.05, 0.1) is 0 Å². The van der Waals surface area contributed by atoms with E-state index in [1.54, 1.807) is 0 Å². The number of rotatable bonds is 4. The second-order valence-corrected chi connectivity index (χ2v) is 5.30. The van der Waals surface area contributed by atoms with Crippen molar-refractivity contribution in [1.29, 1.82) is 0 Å². The minimum atomic E-state index is 0.554. The van der Waals surface area contributed by atoms with Gasteiger partial charge in [-0.25, -0.2) is 0 Å². The maximum atomic E-state index is 3.50. The summed E-state index contributed by atoms with van der Waals surface area (Å²) in [4.78, 5) is 2.54. The third kappa shape index (κ3) is 3.01. The fourth-order valence-electron chi connectivity index (χ4n) is 2.82. The average molecular weight is 232 g/mol. The highest BCUT2D eigenvalue weighted by Crippen LogP contribution is 2.29. The number of hydrogen-bond donors (Lipinski definition) is 1. The van der Waals surface area contributed by atoms with Crippen molar-refractivity contribution >= 4 is 5.69 Å². The summed E-state index contributed by atoms with van der Waals surface area (Å²) in [5.74, 6) is 0.763. The van der Waals surface area contributed by atoms with Crippen molar-refractivity contribution in [2.45, 2.75) is 33.2 Å². The van der Waals surface area contributed by atoms with E-state index in [1.165, 1.54) is 24.2 Å². The third-order valence-electron chi connectivity index (χ3n) is 3.48. The van der Waals surface area contributed by atoms with Crippen molar-refractivity contribution < 1.29 is 0 Å². The number of nitrogens with zero attached hydrogens (tertiary/aromatic N) is 1. The van der Waals surface area contributed by atoms with E-state index in [2.05, 4.69) is 55.3 Å². The van der Waals surface area contributed by atoms with Crippen LogP contribution in [0.1, 0.15) is 26.3 Å². The van der Waals surface area contributed by atoms with Gasteiger partial charge in [-0.3, -0.25) is 0 Å². The molecule has 0 saturated carbocycles. The smallest absolute Gasteiger partial charge is 0.0399 e. The Labute approximate surface area is 105 Å². The van der Waals surface area contributed by atoms with E-state index in [0.29, 0.717) is 6.04 Å². The lowest BCUT2D eigenvalue weighted by Crippen LogP contribution is -2.43. The number of para-hydroxylation sites is 1. The molecule has 0 fully saturated rings. The fourth-order valence-corrected chi connectivity index (χ4v) is 2.82. The van der Waals surface area contributed by atoms with Gasteiger partial charge in [0, 0.05) is 24.8 Å². The highest BCUT2D eigenvalue weighted by atomic mass is 15.2. The number of nitrogens with one attached hydrogen (secondary N) is 1. The van der Waals surface area contributed by atoms with Crippen LogP contribution in [-0.4, -0.2) is 25.7 Å². The molecule has 0 aliphatic carbocycles. The Balaban J connectivity index is 2.12. The fraction of sp³-hybridized carbons (Fsp3) is 0.600. The molecular weight excluding hydrogens is 208 g/mol. The molecular formula is C15H24N2. The summed E-state index contributed by atoms with van der Waals surface area (Å²) in [5, 5.41) is 3.50. The van der Waals surface area contributed by atoms with E-state index >= 15 is 0 Å². The van der Waals surface area contributed by atoms with E-state index in [-0.39, 0.29) is 0 Å². The molecule has 2 rings (SSSR count).